The largest absolute Gasteiger partial charge is 0.457 e. The van der Waals surface area contributed by atoms with E-state index >= 15 is 0 Å². The highest BCUT2D eigenvalue weighted by molar-refractivity contribution is 14.1. The SMILES string of the molecule is Cc1nc(NC(=S)NC(=O)/C=C/c2ccc(-c3ccc(Cl)cc3)o2)ccc1I. The molecule has 0 radical (unpaired) electrons. The lowest BCUT2D eigenvalue weighted by molar-refractivity contribution is -0.115. The number of aryl methyl sites for hydroxylation is 1. The molecule has 0 saturated heterocycles. The van der Waals surface area contributed by atoms with Crippen LogP contribution in [0.1, 0.15) is 11.5 Å². The Bertz CT molecular complexity index is 1050. The summed E-state index contributed by atoms with van der Waals surface area (Å²) in [5.74, 6) is 1.44. The maximum Gasteiger partial charge on any atom is 0.250 e. The predicted molar refractivity (Wildman–Crippen MR) is 124 cm³/mol. The van der Waals surface area contributed by atoms with E-state index in [4.69, 9.17) is 28.2 Å². The van der Waals surface area contributed by atoms with E-state index in [0.717, 1.165) is 14.8 Å². The van der Waals surface area contributed by atoms with Crippen molar-refractivity contribution in [3.8, 4) is 11.3 Å². The number of hydrogen-bond donors (Lipinski definition) is 2. The van der Waals surface area contributed by atoms with Crippen LogP contribution >= 0.6 is 46.4 Å². The van der Waals surface area contributed by atoms with Crippen molar-refractivity contribution < 1.29 is 9.21 Å². The number of amides is 1. The van der Waals surface area contributed by atoms with E-state index in [-0.39, 0.29) is 11.0 Å². The van der Waals surface area contributed by atoms with Crippen LogP contribution in [0.2, 0.25) is 5.02 Å². The number of aromatic nitrogens is 1. The summed E-state index contributed by atoms with van der Waals surface area (Å²) in [6, 6.07) is 14.6. The standard InChI is InChI=1S/C20H15ClIN3O2S/c1-12-16(22)8-10-18(23-12)24-20(28)25-19(26)11-7-15-6-9-17(27-15)13-2-4-14(21)5-3-13/h2-11H,1H3,(H2,23,24,25,26,28)/b11-7+. The maximum absolute atomic E-state index is 12.0. The number of furan rings is 1. The summed E-state index contributed by atoms with van der Waals surface area (Å²) in [5, 5.41) is 6.29. The number of nitrogens with one attached hydrogen (secondary N) is 2. The molecule has 0 aliphatic carbocycles. The number of benzene rings is 1. The number of thiocarbonyl (C=S) groups is 1. The molecule has 0 saturated carbocycles. The molecule has 0 atom stereocenters. The minimum atomic E-state index is -0.371. The van der Waals surface area contributed by atoms with E-state index in [1.807, 2.05) is 31.2 Å². The number of anilines is 1. The lowest BCUT2D eigenvalue weighted by Crippen LogP contribution is -2.33. The molecule has 3 rings (SSSR count). The van der Waals surface area contributed by atoms with E-state index < -0.39 is 0 Å². The Morgan fingerprint density at radius 2 is 1.93 bits per heavy atom. The lowest BCUT2D eigenvalue weighted by Gasteiger charge is -2.08. The van der Waals surface area contributed by atoms with Crippen LogP contribution in [0, 0.1) is 10.5 Å². The lowest BCUT2D eigenvalue weighted by atomic mass is 10.2. The molecule has 8 heteroatoms. The van der Waals surface area contributed by atoms with Crippen molar-refractivity contribution in [1.82, 2.24) is 10.3 Å². The fraction of sp³-hybridized carbons (Fsp3) is 0.0500. The Labute approximate surface area is 186 Å². The third-order valence-corrected chi connectivity index (χ3v) is 5.25. The summed E-state index contributed by atoms with van der Waals surface area (Å²) in [6.07, 6.45) is 2.93. The van der Waals surface area contributed by atoms with Crippen molar-refractivity contribution in [3.63, 3.8) is 0 Å². The van der Waals surface area contributed by atoms with Crippen molar-refractivity contribution >= 4 is 69.3 Å². The molecule has 3 aromatic rings. The second-order valence-corrected chi connectivity index (χ2v) is 7.76. The van der Waals surface area contributed by atoms with Gasteiger partial charge in [0.25, 0.3) is 0 Å². The van der Waals surface area contributed by atoms with E-state index in [1.165, 1.54) is 6.08 Å². The van der Waals surface area contributed by atoms with Crippen molar-refractivity contribution in [3.05, 3.63) is 74.7 Å². The van der Waals surface area contributed by atoms with Crippen molar-refractivity contribution in [1.29, 1.82) is 0 Å². The van der Waals surface area contributed by atoms with Gasteiger partial charge in [-0.05, 0) is 96.3 Å². The number of hydrogen-bond acceptors (Lipinski definition) is 4. The molecule has 0 spiro atoms. The zero-order valence-electron chi connectivity index (χ0n) is 14.7. The molecule has 28 heavy (non-hydrogen) atoms. The van der Waals surface area contributed by atoms with Crippen molar-refractivity contribution in [2.24, 2.45) is 0 Å². The van der Waals surface area contributed by atoms with Crippen LogP contribution in [0.15, 0.2) is 59.0 Å². The summed E-state index contributed by atoms with van der Waals surface area (Å²) >= 11 is 13.2. The summed E-state index contributed by atoms with van der Waals surface area (Å²) in [7, 11) is 0. The number of rotatable bonds is 4. The zero-order valence-corrected chi connectivity index (χ0v) is 18.4. The van der Waals surface area contributed by atoms with Gasteiger partial charge in [-0.2, -0.15) is 0 Å². The minimum Gasteiger partial charge on any atom is -0.457 e. The van der Waals surface area contributed by atoms with Crippen LogP contribution in [-0.4, -0.2) is 16.0 Å². The molecule has 2 aromatic heterocycles. The van der Waals surface area contributed by atoms with Crippen LogP contribution in [0.25, 0.3) is 17.4 Å². The van der Waals surface area contributed by atoms with Gasteiger partial charge in [0.1, 0.15) is 17.3 Å². The number of carbonyl (C=O) groups excluding carboxylic acids is 1. The quantitative estimate of drug-likeness (QED) is 0.271. The monoisotopic (exact) mass is 523 g/mol. The molecule has 2 heterocycles. The summed E-state index contributed by atoms with van der Waals surface area (Å²) < 4.78 is 6.77. The number of halogens is 2. The summed E-state index contributed by atoms with van der Waals surface area (Å²) in [5.41, 5.74) is 1.79. The van der Waals surface area contributed by atoms with Gasteiger partial charge in [-0.15, -0.1) is 0 Å². The van der Waals surface area contributed by atoms with Crippen LogP contribution in [0.5, 0.6) is 0 Å². The van der Waals surface area contributed by atoms with Crippen molar-refractivity contribution in [2.75, 3.05) is 5.32 Å². The third kappa shape index (κ3) is 5.63. The maximum atomic E-state index is 12.0. The van der Waals surface area contributed by atoms with Gasteiger partial charge in [0, 0.05) is 20.2 Å². The molecule has 1 aromatic carbocycles. The van der Waals surface area contributed by atoms with Gasteiger partial charge < -0.3 is 9.73 Å². The molecule has 0 aliphatic rings. The molecular formula is C20H15ClIN3O2S. The Hall–Kier alpha value is -2.23. The topological polar surface area (TPSA) is 67.2 Å². The second-order valence-electron chi connectivity index (χ2n) is 5.75. The third-order valence-electron chi connectivity index (χ3n) is 3.65. The highest BCUT2D eigenvalue weighted by Gasteiger charge is 2.06. The molecule has 0 unspecified atom stereocenters. The highest BCUT2D eigenvalue weighted by atomic mass is 127. The van der Waals surface area contributed by atoms with Crippen LogP contribution < -0.4 is 10.6 Å². The van der Waals surface area contributed by atoms with Crippen LogP contribution in [0.4, 0.5) is 5.82 Å². The molecular weight excluding hydrogens is 509 g/mol. The van der Waals surface area contributed by atoms with Gasteiger partial charge in [-0.1, -0.05) is 11.6 Å². The van der Waals surface area contributed by atoms with Gasteiger partial charge in [0.05, 0.1) is 5.69 Å². The first-order valence-corrected chi connectivity index (χ1v) is 10.1. The predicted octanol–water partition coefficient (Wildman–Crippen LogP) is 5.43. The number of nitrogens with zero attached hydrogens (tertiary/aromatic N) is 1. The van der Waals surface area contributed by atoms with E-state index in [1.54, 1.807) is 30.3 Å². The van der Waals surface area contributed by atoms with Gasteiger partial charge in [0.2, 0.25) is 5.91 Å². The fourth-order valence-electron chi connectivity index (χ4n) is 2.28. The first-order chi connectivity index (χ1) is 13.4. The molecule has 1 amide bonds. The average Bonchev–Trinajstić information content (AvgIpc) is 3.12. The fourth-order valence-corrected chi connectivity index (χ4v) is 2.92. The molecule has 0 fully saturated rings. The second kappa shape index (κ2) is 9.31. The molecule has 2 N–H and O–H groups in total. The normalized spacial score (nSPS) is 10.8. The van der Waals surface area contributed by atoms with Gasteiger partial charge in [-0.25, -0.2) is 4.98 Å². The smallest absolute Gasteiger partial charge is 0.250 e. The summed E-state index contributed by atoms with van der Waals surface area (Å²) in [4.78, 5) is 16.4. The highest BCUT2D eigenvalue weighted by Crippen LogP contribution is 2.24. The van der Waals surface area contributed by atoms with Gasteiger partial charge in [0.15, 0.2) is 5.11 Å². The van der Waals surface area contributed by atoms with E-state index in [0.29, 0.717) is 22.4 Å². The van der Waals surface area contributed by atoms with E-state index in [9.17, 15) is 4.79 Å². The minimum absolute atomic E-state index is 0.170. The first kappa shape index (κ1) is 20.5. The van der Waals surface area contributed by atoms with E-state index in [2.05, 4.69) is 38.2 Å². The zero-order chi connectivity index (χ0) is 20.1. The average molecular weight is 524 g/mol. The Balaban J connectivity index is 1.57. The van der Waals surface area contributed by atoms with Crippen molar-refractivity contribution in [2.45, 2.75) is 6.92 Å². The Morgan fingerprint density at radius 3 is 2.64 bits per heavy atom. The first-order valence-electron chi connectivity index (χ1n) is 8.20. The van der Waals surface area contributed by atoms with Crippen LogP contribution in [0.3, 0.4) is 0 Å². The number of carbonyl (C=O) groups is 1. The number of pyridine rings is 1. The molecule has 5 nitrogen and oxygen atoms in total. The van der Waals surface area contributed by atoms with Crippen LogP contribution in [-0.2, 0) is 4.79 Å². The molecule has 0 bridgehead atoms. The summed E-state index contributed by atoms with van der Waals surface area (Å²) in [6.45, 7) is 1.90. The van der Waals surface area contributed by atoms with Gasteiger partial charge >= 0.3 is 0 Å². The Morgan fingerprint density at radius 1 is 1.18 bits per heavy atom. The molecule has 0 aliphatic heterocycles. The molecule has 142 valence electrons. The van der Waals surface area contributed by atoms with Gasteiger partial charge in [-0.3, -0.25) is 10.1 Å². The Kier molecular flexibility index (Phi) is 6.82.